The molecular weight excluding hydrogens is 248 g/mol. The van der Waals surface area contributed by atoms with E-state index in [1.54, 1.807) is 7.11 Å². The van der Waals surface area contributed by atoms with Gasteiger partial charge in [-0.2, -0.15) is 0 Å². The van der Waals surface area contributed by atoms with Crippen LogP contribution in [-0.4, -0.2) is 38.2 Å². The summed E-state index contributed by atoms with van der Waals surface area (Å²) in [6.07, 6.45) is 2.62. The quantitative estimate of drug-likeness (QED) is 0.894. The van der Waals surface area contributed by atoms with E-state index < -0.39 is 0 Å². The molecule has 1 aliphatic heterocycles. The van der Waals surface area contributed by atoms with Crippen LogP contribution in [0.4, 0.5) is 0 Å². The molecule has 0 aliphatic carbocycles. The standard InChI is InChI=1S/C17H28N2O/c1-13-9-10-19(14(2)11-13)12-16(18-3)15-7-5-6-8-17(15)20-4/h5-8,13-14,16,18H,9-12H2,1-4H3. The minimum absolute atomic E-state index is 0.321. The lowest BCUT2D eigenvalue weighted by molar-refractivity contribution is 0.117. The molecule has 0 saturated carbocycles. The van der Waals surface area contributed by atoms with Crippen LogP contribution in [0.25, 0.3) is 0 Å². The highest BCUT2D eigenvalue weighted by Gasteiger charge is 2.26. The number of rotatable bonds is 5. The summed E-state index contributed by atoms with van der Waals surface area (Å²) in [5.41, 5.74) is 1.25. The molecule has 3 nitrogen and oxygen atoms in total. The van der Waals surface area contributed by atoms with Crippen LogP contribution < -0.4 is 10.1 Å². The van der Waals surface area contributed by atoms with Crippen molar-refractivity contribution in [2.24, 2.45) is 5.92 Å². The fourth-order valence-electron chi connectivity index (χ4n) is 3.26. The molecular formula is C17H28N2O. The van der Waals surface area contributed by atoms with Gasteiger partial charge in [0.05, 0.1) is 7.11 Å². The van der Waals surface area contributed by atoms with Gasteiger partial charge in [0, 0.05) is 24.2 Å². The minimum Gasteiger partial charge on any atom is -0.496 e. The van der Waals surface area contributed by atoms with E-state index in [1.807, 2.05) is 19.2 Å². The normalized spacial score (nSPS) is 25.4. The van der Waals surface area contributed by atoms with Crippen LogP contribution in [0.1, 0.15) is 38.3 Å². The maximum Gasteiger partial charge on any atom is 0.123 e. The van der Waals surface area contributed by atoms with Crippen molar-refractivity contribution >= 4 is 0 Å². The number of likely N-dealkylation sites (N-methyl/N-ethyl adjacent to an activating group) is 1. The molecule has 3 atom stereocenters. The Hall–Kier alpha value is -1.06. The molecule has 1 heterocycles. The van der Waals surface area contributed by atoms with Gasteiger partial charge in [-0.05, 0) is 45.3 Å². The van der Waals surface area contributed by atoms with Gasteiger partial charge in [-0.3, -0.25) is 4.90 Å². The molecule has 112 valence electrons. The van der Waals surface area contributed by atoms with E-state index in [2.05, 4.69) is 36.2 Å². The third-order valence-corrected chi connectivity index (χ3v) is 4.56. The van der Waals surface area contributed by atoms with Crippen LogP contribution in [-0.2, 0) is 0 Å². The van der Waals surface area contributed by atoms with Crippen molar-refractivity contribution in [3.05, 3.63) is 29.8 Å². The number of methoxy groups -OCH3 is 1. The molecule has 0 aromatic heterocycles. The molecule has 3 heteroatoms. The van der Waals surface area contributed by atoms with E-state index in [0.717, 1.165) is 18.2 Å². The molecule has 1 fully saturated rings. The molecule has 1 saturated heterocycles. The van der Waals surface area contributed by atoms with Gasteiger partial charge in [-0.25, -0.2) is 0 Å². The van der Waals surface area contributed by atoms with E-state index in [9.17, 15) is 0 Å². The molecule has 2 rings (SSSR count). The zero-order chi connectivity index (χ0) is 14.5. The Labute approximate surface area is 123 Å². The average Bonchev–Trinajstić information content (AvgIpc) is 2.46. The second-order valence-corrected chi connectivity index (χ2v) is 6.06. The van der Waals surface area contributed by atoms with Crippen molar-refractivity contribution in [1.29, 1.82) is 0 Å². The highest BCUT2D eigenvalue weighted by molar-refractivity contribution is 5.36. The molecule has 1 aliphatic rings. The Bertz CT molecular complexity index is 421. The van der Waals surface area contributed by atoms with Crippen molar-refractivity contribution in [3.8, 4) is 5.75 Å². The van der Waals surface area contributed by atoms with Crippen LogP contribution in [0.15, 0.2) is 24.3 Å². The first-order chi connectivity index (χ1) is 9.65. The highest BCUT2D eigenvalue weighted by Crippen LogP contribution is 2.28. The molecule has 0 bridgehead atoms. The first-order valence-corrected chi connectivity index (χ1v) is 7.70. The molecule has 1 aromatic carbocycles. The lowest BCUT2D eigenvalue weighted by Gasteiger charge is -2.38. The van der Waals surface area contributed by atoms with Crippen LogP contribution in [0.5, 0.6) is 5.75 Å². The number of piperidine rings is 1. The number of hydrogen-bond donors (Lipinski definition) is 1. The predicted molar refractivity (Wildman–Crippen MR) is 84.2 cm³/mol. The van der Waals surface area contributed by atoms with Gasteiger partial charge in [0.1, 0.15) is 5.75 Å². The summed E-state index contributed by atoms with van der Waals surface area (Å²) in [5, 5.41) is 3.45. The van der Waals surface area contributed by atoms with Gasteiger partial charge in [-0.15, -0.1) is 0 Å². The van der Waals surface area contributed by atoms with E-state index in [0.29, 0.717) is 12.1 Å². The summed E-state index contributed by atoms with van der Waals surface area (Å²) >= 11 is 0. The van der Waals surface area contributed by atoms with Crippen LogP contribution in [0.3, 0.4) is 0 Å². The van der Waals surface area contributed by atoms with Crippen molar-refractivity contribution in [2.75, 3.05) is 27.2 Å². The number of nitrogens with zero attached hydrogens (tertiary/aromatic N) is 1. The number of nitrogens with one attached hydrogen (secondary N) is 1. The summed E-state index contributed by atoms with van der Waals surface area (Å²) < 4.78 is 5.50. The van der Waals surface area contributed by atoms with Crippen molar-refractivity contribution < 1.29 is 4.74 Å². The van der Waals surface area contributed by atoms with Gasteiger partial charge in [0.15, 0.2) is 0 Å². The number of para-hydroxylation sites is 1. The largest absolute Gasteiger partial charge is 0.496 e. The zero-order valence-electron chi connectivity index (χ0n) is 13.2. The maximum atomic E-state index is 5.50. The molecule has 0 radical (unpaired) electrons. The summed E-state index contributed by atoms with van der Waals surface area (Å²) in [4.78, 5) is 2.60. The summed E-state index contributed by atoms with van der Waals surface area (Å²) in [6, 6.07) is 9.31. The highest BCUT2D eigenvalue weighted by atomic mass is 16.5. The van der Waals surface area contributed by atoms with Crippen molar-refractivity contribution in [2.45, 2.75) is 38.8 Å². The maximum absolute atomic E-state index is 5.50. The fourth-order valence-corrected chi connectivity index (χ4v) is 3.26. The van der Waals surface area contributed by atoms with Gasteiger partial charge < -0.3 is 10.1 Å². The third kappa shape index (κ3) is 3.53. The van der Waals surface area contributed by atoms with Crippen LogP contribution in [0, 0.1) is 5.92 Å². The fraction of sp³-hybridized carbons (Fsp3) is 0.647. The van der Waals surface area contributed by atoms with Gasteiger partial charge in [-0.1, -0.05) is 25.1 Å². The van der Waals surface area contributed by atoms with Gasteiger partial charge in [0.25, 0.3) is 0 Å². The van der Waals surface area contributed by atoms with Crippen LogP contribution >= 0.6 is 0 Å². The topological polar surface area (TPSA) is 24.5 Å². The average molecular weight is 276 g/mol. The van der Waals surface area contributed by atoms with Crippen molar-refractivity contribution in [3.63, 3.8) is 0 Å². The van der Waals surface area contributed by atoms with E-state index in [-0.39, 0.29) is 0 Å². The summed E-state index contributed by atoms with van der Waals surface area (Å²) in [6.45, 7) is 6.97. The smallest absolute Gasteiger partial charge is 0.123 e. The molecule has 3 unspecified atom stereocenters. The molecule has 1 N–H and O–H groups in total. The number of benzene rings is 1. The van der Waals surface area contributed by atoms with Crippen LogP contribution in [0.2, 0.25) is 0 Å². The Morgan fingerprint density at radius 3 is 2.75 bits per heavy atom. The number of likely N-dealkylation sites (tertiary alicyclic amines) is 1. The Kier molecular flexibility index (Phi) is 5.44. The first-order valence-electron chi connectivity index (χ1n) is 7.70. The zero-order valence-corrected chi connectivity index (χ0v) is 13.2. The van der Waals surface area contributed by atoms with E-state index in [4.69, 9.17) is 4.74 Å². The lowest BCUT2D eigenvalue weighted by Crippen LogP contribution is -2.44. The van der Waals surface area contributed by atoms with E-state index >= 15 is 0 Å². The van der Waals surface area contributed by atoms with Gasteiger partial charge >= 0.3 is 0 Å². The Morgan fingerprint density at radius 1 is 1.35 bits per heavy atom. The summed E-state index contributed by atoms with van der Waals surface area (Å²) in [7, 11) is 3.78. The van der Waals surface area contributed by atoms with Crippen molar-refractivity contribution in [1.82, 2.24) is 10.2 Å². The lowest BCUT2D eigenvalue weighted by atomic mass is 9.92. The van der Waals surface area contributed by atoms with E-state index in [1.165, 1.54) is 24.9 Å². The minimum atomic E-state index is 0.321. The second kappa shape index (κ2) is 7.09. The van der Waals surface area contributed by atoms with Gasteiger partial charge in [0.2, 0.25) is 0 Å². The number of hydrogen-bond acceptors (Lipinski definition) is 3. The SMILES string of the molecule is CNC(CN1CCC(C)CC1C)c1ccccc1OC. The summed E-state index contributed by atoms with van der Waals surface area (Å²) in [5.74, 6) is 1.84. The molecule has 0 spiro atoms. The molecule has 20 heavy (non-hydrogen) atoms. The molecule has 1 aromatic rings. The first kappa shape index (κ1) is 15.3. The number of ether oxygens (including phenoxy) is 1. The predicted octanol–water partition coefficient (Wildman–Crippen LogP) is 3.08. The Balaban J connectivity index is 2.09. The monoisotopic (exact) mass is 276 g/mol. The second-order valence-electron chi connectivity index (χ2n) is 6.06. The molecule has 0 amide bonds. The third-order valence-electron chi connectivity index (χ3n) is 4.56. The Morgan fingerprint density at radius 2 is 2.10 bits per heavy atom.